The number of thiazole rings is 1. The van der Waals surface area contributed by atoms with E-state index in [1.807, 2.05) is 0 Å². The molecule has 1 heterocycles. The molecule has 0 saturated carbocycles. The standard InChI is InChI=1S/C19H18ClFN4O2S/c1-10(18(23)27)25(14-8-4-12(20)5-9-14)19-24-17(22)16(28-19)15(26)11-2-6-13(21)7-3-11/h2-10,15,26H,22H2,1H3,(H2,23,27). The Hall–Kier alpha value is -2.68. The number of benzene rings is 2. The van der Waals surface area contributed by atoms with Crippen molar-refractivity contribution in [1.82, 2.24) is 4.98 Å². The number of hydrogen-bond acceptors (Lipinski definition) is 6. The van der Waals surface area contributed by atoms with Crippen LogP contribution in [0.3, 0.4) is 0 Å². The van der Waals surface area contributed by atoms with Gasteiger partial charge in [-0.05, 0) is 48.9 Å². The van der Waals surface area contributed by atoms with Crippen molar-refractivity contribution < 1.29 is 14.3 Å². The summed E-state index contributed by atoms with van der Waals surface area (Å²) in [6.07, 6.45) is -1.08. The van der Waals surface area contributed by atoms with Crippen LogP contribution in [0.25, 0.3) is 0 Å². The number of amides is 1. The average Bonchev–Trinajstić information content (AvgIpc) is 3.04. The number of rotatable bonds is 6. The Morgan fingerprint density at radius 2 is 1.82 bits per heavy atom. The molecule has 0 radical (unpaired) electrons. The second kappa shape index (κ2) is 8.14. The third-order valence-electron chi connectivity index (χ3n) is 4.21. The Morgan fingerprint density at radius 1 is 1.21 bits per heavy atom. The topological polar surface area (TPSA) is 105 Å². The van der Waals surface area contributed by atoms with Gasteiger partial charge in [0.2, 0.25) is 5.91 Å². The molecule has 2 atom stereocenters. The van der Waals surface area contributed by atoms with Gasteiger partial charge in [-0.25, -0.2) is 9.37 Å². The van der Waals surface area contributed by atoms with Crippen LogP contribution >= 0.6 is 22.9 Å². The zero-order valence-corrected chi connectivity index (χ0v) is 16.4. The van der Waals surface area contributed by atoms with Crippen molar-refractivity contribution in [2.45, 2.75) is 19.1 Å². The van der Waals surface area contributed by atoms with Crippen LogP contribution in [-0.4, -0.2) is 22.0 Å². The zero-order valence-electron chi connectivity index (χ0n) is 14.8. The number of nitrogen functional groups attached to an aromatic ring is 1. The molecule has 0 saturated heterocycles. The lowest BCUT2D eigenvalue weighted by molar-refractivity contribution is -0.118. The van der Waals surface area contributed by atoms with E-state index >= 15 is 0 Å². The van der Waals surface area contributed by atoms with Gasteiger partial charge in [0.1, 0.15) is 23.8 Å². The van der Waals surface area contributed by atoms with Crippen LogP contribution < -0.4 is 16.4 Å². The fourth-order valence-corrected chi connectivity index (χ4v) is 3.88. The van der Waals surface area contributed by atoms with Gasteiger partial charge < -0.3 is 21.5 Å². The maximum atomic E-state index is 13.1. The summed E-state index contributed by atoms with van der Waals surface area (Å²) < 4.78 is 13.1. The molecule has 0 aliphatic rings. The summed E-state index contributed by atoms with van der Waals surface area (Å²) in [6, 6.07) is 11.6. The molecular weight excluding hydrogens is 403 g/mol. The maximum Gasteiger partial charge on any atom is 0.240 e. The van der Waals surface area contributed by atoms with Crippen molar-refractivity contribution in [3.05, 3.63) is 69.8 Å². The van der Waals surface area contributed by atoms with Gasteiger partial charge in [0.05, 0.1) is 4.88 Å². The lowest BCUT2D eigenvalue weighted by Crippen LogP contribution is -2.39. The minimum atomic E-state index is -1.08. The summed E-state index contributed by atoms with van der Waals surface area (Å²) in [7, 11) is 0. The number of carbonyl (C=O) groups excluding carboxylic acids is 1. The molecule has 146 valence electrons. The Labute approximate surface area is 170 Å². The number of halogens is 2. The summed E-state index contributed by atoms with van der Waals surface area (Å²) in [5.41, 5.74) is 12.7. The first-order valence-electron chi connectivity index (χ1n) is 8.31. The fraction of sp³-hybridized carbons (Fsp3) is 0.158. The van der Waals surface area contributed by atoms with Crippen LogP contribution in [-0.2, 0) is 4.79 Å². The highest BCUT2D eigenvalue weighted by Gasteiger charge is 2.27. The van der Waals surface area contributed by atoms with Crippen LogP contribution in [0.15, 0.2) is 48.5 Å². The first-order chi connectivity index (χ1) is 13.3. The van der Waals surface area contributed by atoms with Gasteiger partial charge in [0.25, 0.3) is 0 Å². The van der Waals surface area contributed by atoms with Crippen molar-refractivity contribution in [2.24, 2.45) is 5.73 Å². The smallest absolute Gasteiger partial charge is 0.240 e. The molecule has 3 aromatic rings. The van der Waals surface area contributed by atoms with Crippen LogP contribution in [0, 0.1) is 5.82 Å². The van der Waals surface area contributed by atoms with E-state index in [4.69, 9.17) is 23.1 Å². The minimum Gasteiger partial charge on any atom is -0.383 e. The molecular formula is C19H18ClFN4O2S. The second-order valence-corrected chi connectivity index (χ2v) is 7.57. The van der Waals surface area contributed by atoms with E-state index in [9.17, 15) is 14.3 Å². The number of nitrogens with zero attached hydrogens (tertiary/aromatic N) is 2. The molecule has 1 aromatic heterocycles. The van der Waals surface area contributed by atoms with Gasteiger partial charge in [-0.3, -0.25) is 4.79 Å². The van der Waals surface area contributed by atoms with Crippen molar-refractivity contribution in [3.63, 3.8) is 0 Å². The normalized spacial score (nSPS) is 13.1. The molecule has 0 aliphatic carbocycles. The molecule has 3 rings (SSSR count). The first kappa shape index (κ1) is 20.1. The van der Waals surface area contributed by atoms with Crippen LogP contribution in [0.5, 0.6) is 0 Å². The molecule has 28 heavy (non-hydrogen) atoms. The summed E-state index contributed by atoms with van der Waals surface area (Å²) in [5.74, 6) is -0.838. The largest absolute Gasteiger partial charge is 0.383 e. The van der Waals surface area contributed by atoms with Crippen molar-refractivity contribution in [1.29, 1.82) is 0 Å². The molecule has 0 bridgehead atoms. The predicted molar refractivity (Wildman–Crippen MR) is 109 cm³/mol. The highest BCUT2D eigenvalue weighted by Crippen LogP contribution is 2.39. The second-order valence-electron chi connectivity index (χ2n) is 6.12. The number of aromatic nitrogens is 1. The molecule has 0 fully saturated rings. The van der Waals surface area contributed by atoms with Crippen molar-refractivity contribution >= 4 is 45.5 Å². The lowest BCUT2D eigenvalue weighted by atomic mass is 10.1. The van der Waals surface area contributed by atoms with Gasteiger partial charge in [-0.1, -0.05) is 35.1 Å². The molecule has 9 heteroatoms. The molecule has 1 amide bonds. The Bertz CT molecular complexity index is 979. The Kier molecular flexibility index (Phi) is 5.83. The lowest BCUT2D eigenvalue weighted by Gasteiger charge is -2.26. The third-order valence-corrected chi connectivity index (χ3v) is 5.59. The first-order valence-corrected chi connectivity index (χ1v) is 9.51. The number of aliphatic hydroxyl groups excluding tert-OH is 1. The minimum absolute atomic E-state index is 0.118. The summed E-state index contributed by atoms with van der Waals surface area (Å²) in [4.78, 5) is 18.2. The number of primary amides is 1. The number of aliphatic hydroxyl groups is 1. The number of nitrogens with two attached hydrogens (primary N) is 2. The summed E-state index contributed by atoms with van der Waals surface area (Å²) >= 11 is 7.08. The molecule has 6 nitrogen and oxygen atoms in total. The van der Waals surface area contributed by atoms with E-state index in [2.05, 4.69) is 4.98 Å². The number of carbonyl (C=O) groups is 1. The van der Waals surface area contributed by atoms with E-state index in [-0.39, 0.29) is 5.82 Å². The van der Waals surface area contributed by atoms with E-state index in [1.165, 1.54) is 24.3 Å². The average molecular weight is 421 g/mol. The maximum absolute atomic E-state index is 13.1. The highest BCUT2D eigenvalue weighted by molar-refractivity contribution is 7.16. The summed E-state index contributed by atoms with van der Waals surface area (Å²) in [6.45, 7) is 1.64. The van der Waals surface area contributed by atoms with Gasteiger partial charge >= 0.3 is 0 Å². The molecule has 2 aromatic carbocycles. The third kappa shape index (κ3) is 4.09. The zero-order chi connectivity index (χ0) is 20.4. The van der Waals surface area contributed by atoms with E-state index in [0.717, 1.165) is 11.3 Å². The van der Waals surface area contributed by atoms with Crippen LogP contribution in [0.1, 0.15) is 23.5 Å². The van der Waals surface area contributed by atoms with Gasteiger partial charge in [-0.2, -0.15) is 0 Å². The highest BCUT2D eigenvalue weighted by atomic mass is 35.5. The monoisotopic (exact) mass is 420 g/mol. The summed E-state index contributed by atoms with van der Waals surface area (Å²) in [5, 5.41) is 11.6. The quantitative estimate of drug-likeness (QED) is 0.564. The van der Waals surface area contributed by atoms with E-state index in [1.54, 1.807) is 36.1 Å². The van der Waals surface area contributed by atoms with E-state index < -0.39 is 23.9 Å². The van der Waals surface area contributed by atoms with Crippen LogP contribution in [0.4, 0.5) is 21.0 Å². The molecule has 0 aliphatic heterocycles. The van der Waals surface area contributed by atoms with Crippen LogP contribution in [0.2, 0.25) is 5.02 Å². The number of anilines is 3. The molecule has 2 unspecified atom stereocenters. The Balaban J connectivity index is 2.02. The number of hydrogen-bond donors (Lipinski definition) is 3. The predicted octanol–water partition coefficient (Wildman–Crippen LogP) is 3.61. The SMILES string of the molecule is CC(C(N)=O)N(c1ccc(Cl)cc1)c1nc(N)c(C(O)c2ccc(F)cc2)s1. The van der Waals surface area contributed by atoms with Gasteiger partial charge in [0, 0.05) is 10.7 Å². The van der Waals surface area contributed by atoms with Crippen molar-refractivity contribution in [2.75, 3.05) is 10.6 Å². The molecule has 5 N–H and O–H groups in total. The fourth-order valence-electron chi connectivity index (χ4n) is 2.66. The Morgan fingerprint density at radius 3 is 2.39 bits per heavy atom. The van der Waals surface area contributed by atoms with Crippen molar-refractivity contribution in [3.8, 4) is 0 Å². The van der Waals surface area contributed by atoms with Gasteiger partial charge in [-0.15, -0.1) is 0 Å². The van der Waals surface area contributed by atoms with Gasteiger partial charge in [0.15, 0.2) is 5.13 Å². The molecule has 0 spiro atoms. The van der Waals surface area contributed by atoms with E-state index in [0.29, 0.717) is 26.3 Å².